The lowest BCUT2D eigenvalue weighted by Gasteiger charge is -2.24. The fourth-order valence-corrected chi connectivity index (χ4v) is 2.38. The highest BCUT2D eigenvalue weighted by Crippen LogP contribution is 2.26. The Morgan fingerprint density at radius 2 is 2.19 bits per heavy atom. The molecule has 0 radical (unpaired) electrons. The molecule has 0 bridgehead atoms. The summed E-state index contributed by atoms with van der Waals surface area (Å²) in [5.74, 6) is 0.396. The number of Topliss-reactive ketones (excluding diaryl/α,β-unsaturated/α-hetero) is 1. The summed E-state index contributed by atoms with van der Waals surface area (Å²) in [5.41, 5.74) is 6.60. The molecule has 0 unspecified atom stereocenters. The molecule has 88 valence electrons. The van der Waals surface area contributed by atoms with Crippen molar-refractivity contribution in [1.82, 2.24) is 9.78 Å². The molecule has 16 heavy (non-hydrogen) atoms. The van der Waals surface area contributed by atoms with Crippen LogP contribution in [0, 0.1) is 5.92 Å². The molecule has 1 fully saturated rings. The van der Waals surface area contributed by atoms with E-state index in [0.29, 0.717) is 6.04 Å². The van der Waals surface area contributed by atoms with Crippen molar-refractivity contribution >= 4 is 5.78 Å². The Labute approximate surface area is 95.8 Å². The lowest BCUT2D eigenvalue weighted by Crippen LogP contribution is -2.30. The molecule has 4 heteroatoms. The van der Waals surface area contributed by atoms with E-state index in [-0.39, 0.29) is 11.7 Å². The predicted octanol–water partition coefficient (Wildman–Crippen LogP) is 1.60. The number of ketones is 1. The van der Waals surface area contributed by atoms with E-state index in [4.69, 9.17) is 5.73 Å². The number of hydrogen-bond donors (Lipinski definition) is 1. The molecule has 0 atom stereocenters. The lowest BCUT2D eigenvalue weighted by molar-refractivity contribution is 0.0873. The highest BCUT2D eigenvalue weighted by Gasteiger charge is 2.27. The van der Waals surface area contributed by atoms with Crippen LogP contribution in [0.5, 0.6) is 0 Å². The Kier molecular flexibility index (Phi) is 3.39. The van der Waals surface area contributed by atoms with E-state index in [0.717, 1.165) is 37.9 Å². The van der Waals surface area contributed by atoms with Gasteiger partial charge in [-0.2, -0.15) is 5.10 Å². The molecule has 2 rings (SSSR count). The second-order valence-corrected chi connectivity index (χ2v) is 4.51. The quantitative estimate of drug-likeness (QED) is 0.789. The van der Waals surface area contributed by atoms with Gasteiger partial charge in [-0.1, -0.05) is 0 Å². The van der Waals surface area contributed by atoms with Gasteiger partial charge in [-0.3, -0.25) is 9.48 Å². The van der Waals surface area contributed by atoms with E-state index in [1.807, 2.05) is 13.0 Å². The molecule has 1 aromatic heterocycles. The van der Waals surface area contributed by atoms with E-state index in [1.165, 1.54) is 0 Å². The first-order chi connectivity index (χ1) is 7.72. The number of rotatable bonds is 3. The summed E-state index contributed by atoms with van der Waals surface area (Å²) in [5, 5.41) is 4.14. The van der Waals surface area contributed by atoms with Gasteiger partial charge in [0.15, 0.2) is 5.78 Å². The van der Waals surface area contributed by atoms with Crippen molar-refractivity contribution in [3.63, 3.8) is 0 Å². The monoisotopic (exact) mass is 221 g/mol. The van der Waals surface area contributed by atoms with Gasteiger partial charge in [0, 0.05) is 24.7 Å². The van der Waals surface area contributed by atoms with Crippen LogP contribution in [0.3, 0.4) is 0 Å². The van der Waals surface area contributed by atoms with Crippen LogP contribution < -0.4 is 5.73 Å². The third-order valence-electron chi connectivity index (χ3n) is 3.41. The average molecular weight is 221 g/mol. The Morgan fingerprint density at radius 1 is 1.50 bits per heavy atom. The van der Waals surface area contributed by atoms with Crippen molar-refractivity contribution in [3.05, 3.63) is 18.0 Å². The summed E-state index contributed by atoms with van der Waals surface area (Å²) in [6.45, 7) is 2.75. The first kappa shape index (κ1) is 11.3. The van der Waals surface area contributed by atoms with Crippen molar-refractivity contribution in [2.45, 2.75) is 45.2 Å². The molecule has 0 aliphatic heterocycles. The maximum Gasteiger partial charge on any atom is 0.183 e. The van der Waals surface area contributed by atoms with Gasteiger partial charge in [0.25, 0.3) is 0 Å². The molecule has 1 aromatic rings. The molecule has 1 aliphatic carbocycles. The standard InChI is InChI=1S/C12H19N3O/c1-2-15-11(7-8-14-15)12(16)9-3-5-10(13)6-4-9/h7-10H,2-6,13H2,1H3. The summed E-state index contributed by atoms with van der Waals surface area (Å²) >= 11 is 0. The molecular weight excluding hydrogens is 202 g/mol. The fraction of sp³-hybridized carbons (Fsp3) is 0.667. The number of carbonyl (C=O) groups excluding carboxylic acids is 1. The molecule has 0 saturated heterocycles. The highest BCUT2D eigenvalue weighted by molar-refractivity contribution is 5.96. The van der Waals surface area contributed by atoms with Crippen molar-refractivity contribution in [1.29, 1.82) is 0 Å². The minimum atomic E-state index is 0.154. The largest absolute Gasteiger partial charge is 0.328 e. The maximum atomic E-state index is 12.2. The molecular formula is C12H19N3O. The summed E-state index contributed by atoms with van der Waals surface area (Å²) in [6.07, 6.45) is 5.49. The molecule has 1 saturated carbocycles. The minimum absolute atomic E-state index is 0.154. The van der Waals surface area contributed by atoms with Gasteiger partial charge in [-0.25, -0.2) is 0 Å². The number of aromatic nitrogens is 2. The van der Waals surface area contributed by atoms with E-state index in [1.54, 1.807) is 10.9 Å². The zero-order valence-electron chi connectivity index (χ0n) is 9.72. The van der Waals surface area contributed by atoms with Crippen LogP contribution in [0.2, 0.25) is 0 Å². The van der Waals surface area contributed by atoms with E-state index < -0.39 is 0 Å². The molecule has 0 aromatic carbocycles. The van der Waals surface area contributed by atoms with Gasteiger partial charge >= 0.3 is 0 Å². The number of nitrogens with two attached hydrogens (primary N) is 1. The van der Waals surface area contributed by atoms with E-state index in [2.05, 4.69) is 5.10 Å². The second-order valence-electron chi connectivity index (χ2n) is 4.51. The summed E-state index contributed by atoms with van der Waals surface area (Å²) < 4.78 is 1.77. The predicted molar refractivity (Wildman–Crippen MR) is 62.2 cm³/mol. The summed E-state index contributed by atoms with van der Waals surface area (Å²) in [4.78, 5) is 12.2. The van der Waals surface area contributed by atoms with Crippen molar-refractivity contribution in [2.24, 2.45) is 11.7 Å². The van der Waals surface area contributed by atoms with Crippen LogP contribution in [0.15, 0.2) is 12.3 Å². The Morgan fingerprint density at radius 3 is 2.81 bits per heavy atom. The van der Waals surface area contributed by atoms with E-state index >= 15 is 0 Å². The van der Waals surface area contributed by atoms with Gasteiger partial charge in [0.1, 0.15) is 5.69 Å². The molecule has 1 heterocycles. The minimum Gasteiger partial charge on any atom is -0.328 e. The second kappa shape index (κ2) is 4.78. The van der Waals surface area contributed by atoms with Crippen LogP contribution in [0.25, 0.3) is 0 Å². The third-order valence-corrected chi connectivity index (χ3v) is 3.41. The molecule has 1 aliphatic rings. The van der Waals surface area contributed by atoms with Crippen LogP contribution >= 0.6 is 0 Å². The number of carbonyl (C=O) groups is 1. The topological polar surface area (TPSA) is 60.9 Å². The molecule has 0 spiro atoms. The van der Waals surface area contributed by atoms with Gasteiger partial charge in [-0.05, 0) is 38.7 Å². The van der Waals surface area contributed by atoms with Crippen molar-refractivity contribution < 1.29 is 4.79 Å². The summed E-state index contributed by atoms with van der Waals surface area (Å²) in [6, 6.07) is 2.11. The highest BCUT2D eigenvalue weighted by atomic mass is 16.1. The first-order valence-corrected chi connectivity index (χ1v) is 6.04. The number of nitrogens with zero attached hydrogens (tertiary/aromatic N) is 2. The molecule has 0 amide bonds. The van der Waals surface area contributed by atoms with Crippen LogP contribution in [0.4, 0.5) is 0 Å². The average Bonchev–Trinajstić information content (AvgIpc) is 2.77. The van der Waals surface area contributed by atoms with E-state index in [9.17, 15) is 4.79 Å². The first-order valence-electron chi connectivity index (χ1n) is 6.04. The zero-order valence-corrected chi connectivity index (χ0v) is 9.72. The van der Waals surface area contributed by atoms with Crippen molar-refractivity contribution in [2.75, 3.05) is 0 Å². The Bertz CT molecular complexity index is 364. The van der Waals surface area contributed by atoms with Crippen LogP contribution in [-0.4, -0.2) is 21.6 Å². The van der Waals surface area contributed by atoms with Gasteiger partial charge in [0.05, 0.1) is 0 Å². The fourth-order valence-electron chi connectivity index (χ4n) is 2.38. The SMILES string of the molecule is CCn1nccc1C(=O)C1CCC(N)CC1. The normalized spacial score (nSPS) is 25.6. The zero-order chi connectivity index (χ0) is 11.5. The van der Waals surface area contributed by atoms with Gasteiger partial charge in [-0.15, -0.1) is 0 Å². The summed E-state index contributed by atoms with van der Waals surface area (Å²) in [7, 11) is 0. The number of hydrogen-bond acceptors (Lipinski definition) is 3. The maximum absolute atomic E-state index is 12.2. The molecule has 2 N–H and O–H groups in total. The van der Waals surface area contributed by atoms with Gasteiger partial charge in [0.2, 0.25) is 0 Å². The third kappa shape index (κ3) is 2.16. The van der Waals surface area contributed by atoms with Gasteiger partial charge < -0.3 is 5.73 Å². The van der Waals surface area contributed by atoms with Crippen molar-refractivity contribution in [3.8, 4) is 0 Å². The Hall–Kier alpha value is -1.16. The Balaban J connectivity index is 2.07. The lowest BCUT2D eigenvalue weighted by atomic mass is 9.83. The number of aryl methyl sites for hydroxylation is 1. The van der Waals surface area contributed by atoms with Crippen LogP contribution in [-0.2, 0) is 6.54 Å². The van der Waals surface area contributed by atoms with Crippen LogP contribution in [0.1, 0.15) is 43.1 Å². The smallest absolute Gasteiger partial charge is 0.183 e. The molecule has 4 nitrogen and oxygen atoms in total.